The van der Waals surface area contributed by atoms with Crippen LogP contribution < -0.4 is 9.64 Å². The van der Waals surface area contributed by atoms with Crippen molar-refractivity contribution in [1.29, 1.82) is 0 Å². The second kappa shape index (κ2) is 5.83. The highest BCUT2D eigenvalue weighted by molar-refractivity contribution is 5.60. The lowest BCUT2D eigenvalue weighted by atomic mass is 9.77. The van der Waals surface area contributed by atoms with Crippen molar-refractivity contribution in [3.05, 3.63) is 24.3 Å². The fourth-order valence-electron chi connectivity index (χ4n) is 3.29. The molecule has 1 unspecified atom stereocenters. The molecule has 0 aromatic heterocycles. The van der Waals surface area contributed by atoms with Crippen molar-refractivity contribution < 1.29 is 9.84 Å². The molecule has 3 heteroatoms. The Kier molecular flexibility index (Phi) is 4.35. The van der Waals surface area contributed by atoms with Crippen LogP contribution in [0.25, 0.3) is 0 Å². The third-order valence-electron chi connectivity index (χ3n) is 4.48. The number of piperidine rings is 1. The number of rotatable bonds is 4. The number of aliphatic hydroxyl groups excluding tert-OH is 1. The van der Waals surface area contributed by atoms with Gasteiger partial charge in [0.2, 0.25) is 0 Å². The molecule has 0 amide bonds. The molecule has 0 bridgehead atoms. The molecular formula is C16H25NO2. The number of benzene rings is 1. The molecule has 0 radical (unpaired) electrons. The predicted molar refractivity (Wildman–Crippen MR) is 78.8 cm³/mol. The molecule has 1 aliphatic heterocycles. The van der Waals surface area contributed by atoms with E-state index in [9.17, 15) is 5.11 Å². The van der Waals surface area contributed by atoms with Gasteiger partial charge in [-0.3, -0.25) is 0 Å². The van der Waals surface area contributed by atoms with Crippen molar-refractivity contribution in [2.24, 2.45) is 5.92 Å². The van der Waals surface area contributed by atoms with Gasteiger partial charge in [0, 0.05) is 18.7 Å². The zero-order valence-electron chi connectivity index (χ0n) is 12.2. The van der Waals surface area contributed by atoms with Crippen LogP contribution in [0.2, 0.25) is 0 Å². The summed E-state index contributed by atoms with van der Waals surface area (Å²) in [6.07, 6.45) is 3.24. The summed E-state index contributed by atoms with van der Waals surface area (Å²) in [5.74, 6) is 1.45. The Balaban J connectivity index is 2.32. The first-order chi connectivity index (χ1) is 9.11. The van der Waals surface area contributed by atoms with E-state index >= 15 is 0 Å². The van der Waals surface area contributed by atoms with E-state index in [4.69, 9.17) is 4.74 Å². The number of para-hydroxylation sites is 2. The van der Waals surface area contributed by atoms with Gasteiger partial charge in [0.05, 0.1) is 12.8 Å². The molecule has 1 saturated heterocycles. The molecule has 1 fully saturated rings. The van der Waals surface area contributed by atoms with Gasteiger partial charge in [-0.15, -0.1) is 0 Å². The summed E-state index contributed by atoms with van der Waals surface area (Å²) in [6, 6.07) is 8.21. The monoisotopic (exact) mass is 263 g/mol. The van der Waals surface area contributed by atoms with E-state index in [0.717, 1.165) is 24.4 Å². The Morgan fingerprint density at radius 2 is 2.11 bits per heavy atom. The fourth-order valence-corrected chi connectivity index (χ4v) is 3.29. The third-order valence-corrected chi connectivity index (χ3v) is 4.48. The Morgan fingerprint density at radius 3 is 2.79 bits per heavy atom. The summed E-state index contributed by atoms with van der Waals surface area (Å²) in [5.41, 5.74) is 1.22. The van der Waals surface area contributed by atoms with Gasteiger partial charge in [0.25, 0.3) is 0 Å². The topological polar surface area (TPSA) is 32.7 Å². The molecule has 106 valence electrons. The maximum absolute atomic E-state index is 9.27. The number of ether oxygens (including phenoxy) is 1. The van der Waals surface area contributed by atoms with E-state index < -0.39 is 0 Å². The second-order valence-corrected chi connectivity index (χ2v) is 5.83. The molecule has 1 heterocycles. The molecule has 1 aliphatic rings. The maximum atomic E-state index is 9.27. The standard InChI is InChI=1S/C16H25NO2/c1-16(2)13(10-12-18)7-6-11-17(16)14-8-4-5-9-15(14)19-3/h4-5,8-9,13,18H,6-7,10-12H2,1-3H3. The van der Waals surface area contributed by atoms with Crippen LogP contribution in [-0.4, -0.2) is 30.9 Å². The van der Waals surface area contributed by atoms with E-state index in [1.165, 1.54) is 12.8 Å². The van der Waals surface area contributed by atoms with Crippen LogP contribution in [-0.2, 0) is 0 Å². The van der Waals surface area contributed by atoms with Crippen LogP contribution in [0.4, 0.5) is 5.69 Å². The molecule has 3 nitrogen and oxygen atoms in total. The summed E-state index contributed by atoms with van der Waals surface area (Å²) in [4.78, 5) is 2.44. The van der Waals surface area contributed by atoms with E-state index in [1.807, 2.05) is 12.1 Å². The smallest absolute Gasteiger partial charge is 0.142 e. The third kappa shape index (κ3) is 2.71. The van der Waals surface area contributed by atoms with Gasteiger partial charge in [0.1, 0.15) is 5.75 Å². The number of methoxy groups -OCH3 is 1. The van der Waals surface area contributed by atoms with Crippen molar-refractivity contribution in [1.82, 2.24) is 0 Å². The predicted octanol–water partition coefficient (Wildman–Crippen LogP) is 3.07. The Bertz CT molecular complexity index is 415. The van der Waals surface area contributed by atoms with Crippen molar-refractivity contribution in [2.45, 2.75) is 38.6 Å². The Hall–Kier alpha value is -1.22. The van der Waals surface area contributed by atoms with Crippen LogP contribution in [0.5, 0.6) is 5.75 Å². The minimum atomic E-state index is 0.0512. The number of aliphatic hydroxyl groups is 1. The first-order valence-corrected chi connectivity index (χ1v) is 7.12. The van der Waals surface area contributed by atoms with Crippen LogP contribution in [0.1, 0.15) is 33.1 Å². The zero-order valence-corrected chi connectivity index (χ0v) is 12.2. The quantitative estimate of drug-likeness (QED) is 0.906. The Morgan fingerprint density at radius 1 is 1.37 bits per heavy atom. The summed E-state index contributed by atoms with van der Waals surface area (Å²) in [7, 11) is 1.72. The van der Waals surface area contributed by atoms with Crippen LogP contribution in [0.15, 0.2) is 24.3 Å². The van der Waals surface area contributed by atoms with E-state index in [1.54, 1.807) is 7.11 Å². The molecule has 1 N–H and O–H groups in total. The van der Waals surface area contributed by atoms with Crippen molar-refractivity contribution in [2.75, 3.05) is 25.2 Å². The fraction of sp³-hybridized carbons (Fsp3) is 0.625. The lowest BCUT2D eigenvalue weighted by molar-refractivity contribution is 0.175. The first-order valence-electron chi connectivity index (χ1n) is 7.12. The maximum Gasteiger partial charge on any atom is 0.142 e. The van der Waals surface area contributed by atoms with E-state index in [0.29, 0.717) is 5.92 Å². The molecule has 2 rings (SSSR count). The molecule has 0 aliphatic carbocycles. The molecule has 19 heavy (non-hydrogen) atoms. The number of nitrogens with zero attached hydrogens (tertiary/aromatic N) is 1. The van der Waals surface area contributed by atoms with Gasteiger partial charge >= 0.3 is 0 Å². The summed E-state index contributed by atoms with van der Waals surface area (Å²) in [6.45, 7) is 5.88. The second-order valence-electron chi connectivity index (χ2n) is 5.83. The lowest BCUT2D eigenvalue weighted by Crippen LogP contribution is -2.53. The van der Waals surface area contributed by atoms with Crippen LogP contribution in [0.3, 0.4) is 0 Å². The van der Waals surface area contributed by atoms with Crippen LogP contribution in [0, 0.1) is 5.92 Å². The molecule has 1 aromatic rings. The van der Waals surface area contributed by atoms with Gasteiger partial charge in [-0.2, -0.15) is 0 Å². The Labute approximate surface area is 116 Å². The molecule has 1 aromatic carbocycles. The first kappa shape index (κ1) is 14.2. The number of hydrogen-bond acceptors (Lipinski definition) is 3. The highest BCUT2D eigenvalue weighted by atomic mass is 16.5. The minimum absolute atomic E-state index is 0.0512. The van der Waals surface area contributed by atoms with E-state index in [-0.39, 0.29) is 12.1 Å². The summed E-state index contributed by atoms with van der Waals surface area (Å²) < 4.78 is 5.50. The summed E-state index contributed by atoms with van der Waals surface area (Å²) in [5, 5.41) is 9.27. The summed E-state index contributed by atoms with van der Waals surface area (Å²) >= 11 is 0. The average molecular weight is 263 g/mol. The number of anilines is 1. The van der Waals surface area contributed by atoms with E-state index in [2.05, 4.69) is 30.9 Å². The molecule has 1 atom stereocenters. The van der Waals surface area contributed by atoms with Gasteiger partial charge in [-0.25, -0.2) is 0 Å². The largest absolute Gasteiger partial charge is 0.495 e. The normalized spacial score (nSPS) is 22.3. The molecule has 0 spiro atoms. The van der Waals surface area contributed by atoms with Gasteiger partial charge in [-0.1, -0.05) is 12.1 Å². The van der Waals surface area contributed by atoms with Gasteiger partial charge in [-0.05, 0) is 51.2 Å². The van der Waals surface area contributed by atoms with Gasteiger partial charge in [0.15, 0.2) is 0 Å². The van der Waals surface area contributed by atoms with Crippen molar-refractivity contribution in [3.63, 3.8) is 0 Å². The van der Waals surface area contributed by atoms with Crippen molar-refractivity contribution >= 4 is 5.69 Å². The average Bonchev–Trinajstić information content (AvgIpc) is 2.41. The highest BCUT2D eigenvalue weighted by Crippen LogP contribution is 2.41. The lowest BCUT2D eigenvalue weighted by Gasteiger charge is -2.49. The minimum Gasteiger partial charge on any atom is -0.495 e. The molecule has 0 saturated carbocycles. The molecular weight excluding hydrogens is 238 g/mol. The zero-order chi connectivity index (χ0) is 13.9. The van der Waals surface area contributed by atoms with Crippen LogP contribution >= 0.6 is 0 Å². The van der Waals surface area contributed by atoms with Gasteiger partial charge < -0.3 is 14.7 Å². The SMILES string of the molecule is COc1ccccc1N1CCCC(CCO)C1(C)C. The number of hydrogen-bond donors (Lipinski definition) is 1. The van der Waals surface area contributed by atoms with Crippen molar-refractivity contribution in [3.8, 4) is 5.75 Å². The highest BCUT2D eigenvalue weighted by Gasteiger charge is 2.38.